The molecule has 0 radical (unpaired) electrons. The summed E-state index contributed by atoms with van der Waals surface area (Å²) in [5.41, 5.74) is 16.3. The third kappa shape index (κ3) is 9.10. The summed E-state index contributed by atoms with van der Waals surface area (Å²) in [6.07, 6.45) is 18.0. The van der Waals surface area contributed by atoms with Gasteiger partial charge in [-0.1, -0.05) is 69.0 Å². The molecule has 2 atom stereocenters. The van der Waals surface area contributed by atoms with E-state index >= 15 is 0 Å². The Labute approximate surface area is 307 Å². The maximum absolute atomic E-state index is 5.55. The van der Waals surface area contributed by atoms with Gasteiger partial charge < -0.3 is 10.2 Å². The Balaban J connectivity index is 0.000000441. The van der Waals surface area contributed by atoms with Crippen molar-refractivity contribution < 1.29 is 13.5 Å². The van der Waals surface area contributed by atoms with E-state index in [-0.39, 0.29) is 13.3 Å². The molecule has 1 heterocycles. The van der Waals surface area contributed by atoms with Gasteiger partial charge in [0.15, 0.2) is 0 Å². The molecule has 0 amide bonds. The number of benzene rings is 2. The molecule has 4 aliphatic rings. The Morgan fingerprint density at radius 2 is 1.27 bits per heavy atom. The van der Waals surface area contributed by atoms with Crippen molar-refractivity contribution in [1.29, 1.82) is 0 Å². The first-order valence-electron chi connectivity index (χ1n) is 18.5. The predicted molar refractivity (Wildman–Crippen MR) is 211 cm³/mol. The van der Waals surface area contributed by atoms with E-state index in [9.17, 15) is 0 Å². The van der Waals surface area contributed by atoms with Crippen LogP contribution < -0.4 is 10.2 Å². The number of anilines is 1. The molecule has 0 aromatic heterocycles. The molecular formula is C42H61Cl2N2PRu. The summed E-state index contributed by atoms with van der Waals surface area (Å²) in [6.45, 7) is 21.1. The summed E-state index contributed by atoms with van der Waals surface area (Å²) in [7, 11) is 11.2. The quantitative estimate of drug-likeness (QED) is 0.239. The number of allylic oxidation sites excluding steroid dienone is 2. The molecule has 6 rings (SSSR count). The predicted octanol–water partition coefficient (Wildman–Crippen LogP) is 12.7. The van der Waals surface area contributed by atoms with E-state index in [1.807, 2.05) is 11.6 Å². The second-order valence-corrected chi connectivity index (χ2v) is 24.6. The van der Waals surface area contributed by atoms with Crippen molar-refractivity contribution in [2.75, 3.05) is 11.4 Å². The van der Waals surface area contributed by atoms with Crippen molar-refractivity contribution in [1.82, 2.24) is 5.32 Å². The van der Waals surface area contributed by atoms with Crippen molar-refractivity contribution in [3.63, 3.8) is 0 Å². The second kappa shape index (κ2) is 16.6. The van der Waals surface area contributed by atoms with Crippen LogP contribution in [0, 0.1) is 47.0 Å². The molecule has 266 valence electrons. The van der Waals surface area contributed by atoms with E-state index < -0.39 is 13.5 Å². The first kappa shape index (κ1) is 38.3. The van der Waals surface area contributed by atoms with Gasteiger partial charge in [0.2, 0.25) is 0 Å². The Bertz CT molecular complexity index is 1490. The van der Waals surface area contributed by atoms with Gasteiger partial charge in [-0.15, -0.1) is 0 Å². The molecule has 1 saturated heterocycles. The summed E-state index contributed by atoms with van der Waals surface area (Å²) in [5.74, 6) is 1.50. The SMILES string of the molecule is CC(C)(C)C=[C]=[Ru]([Cl])[Cl].Cc1cc(C)c(C2CNC(=C3CCCC3P(C3CCCC3)C3CCCC3)N2c2c(C)cc(C)cc2C)c(C)c1. The zero-order chi connectivity index (χ0) is 34.7. The molecule has 2 unspecified atom stereocenters. The number of hydrogen-bond acceptors (Lipinski definition) is 2. The van der Waals surface area contributed by atoms with Gasteiger partial charge >= 0.3 is 69.4 Å². The standard InChI is InChI=1S/C36H51N2P.C6H10.2ClH.Ru/c1-23-18-25(3)34(26(4)19-23)32-22-37-36(38(32)35-27(5)20-24(2)21-28(35)6)31-16-11-17-33(31)39(29-12-7-8-13-29)30-14-9-10-15-30;1-5-6(2,3)4;;;/h18-21,29-30,32-33,37H,7-17,22H2,1-6H3;5H,2-4H3;2*1H;/q;;;;+2/p-2. The van der Waals surface area contributed by atoms with Crippen molar-refractivity contribution in [2.24, 2.45) is 5.41 Å². The van der Waals surface area contributed by atoms with Crippen LogP contribution in [0.5, 0.6) is 0 Å². The number of rotatable bonds is 5. The average molecular weight is 797 g/mol. The van der Waals surface area contributed by atoms with Gasteiger partial charge in [0.1, 0.15) is 5.82 Å². The minimum Gasteiger partial charge on any atom is -0.369 e. The molecule has 1 aliphatic heterocycles. The van der Waals surface area contributed by atoms with Crippen LogP contribution in [0.3, 0.4) is 0 Å². The van der Waals surface area contributed by atoms with E-state index in [4.69, 9.17) is 19.4 Å². The second-order valence-electron chi connectivity index (χ2n) is 16.2. The van der Waals surface area contributed by atoms with Crippen LogP contribution >= 0.6 is 27.3 Å². The minimum atomic E-state index is -1.67. The Hall–Kier alpha value is -0.937. The van der Waals surface area contributed by atoms with Crippen LogP contribution in [0.25, 0.3) is 0 Å². The van der Waals surface area contributed by atoms with Crippen molar-refractivity contribution in [3.05, 3.63) is 80.7 Å². The van der Waals surface area contributed by atoms with Crippen molar-refractivity contribution >= 4 is 37.3 Å². The Morgan fingerprint density at radius 1 is 0.771 bits per heavy atom. The first-order valence-corrected chi connectivity index (χ1v) is 25.4. The third-order valence-electron chi connectivity index (χ3n) is 11.0. The molecule has 6 heteroatoms. The molecular weight excluding hydrogens is 735 g/mol. The fourth-order valence-corrected chi connectivity index (χ4v) is 15.4. The summed E-state index contributed by atoms with van der Waals surface area (Å²) in [6, 6.07) is 9.96. The van der Waals surface area contributed by atoms with Crippen LogP contribution in [0.15, 0.2) is 41.7 Å². The zero-order valence-corrected chi connectivity index (χ0v) is 35.3. The number of aryl methyl sites for hydroxylation is 6. The number of nitrogens with one attached hydrogen (secondary N) is 1. The fraction of sp³-hybridized carbons (Fsp3) is 0.619. The average Bonchev–Trinajstić information content (AvgIpc) is 3.81. The molecule has 4 fully saturated rings. The van der Waals surface area contributed by atoms with Crippen LogP contribution in [-0.2, 0) is 13.5 Å². The maximum Gasteiger partial charge on any atom is 0.106 e. The van der Waals surface area contributed by atoms with Crippen molar-refractivity contribution in [3.8, 4) is 0 Å². The van der Waals surface area contributed by atoms with E-state index in [1.165, 1.54) is 121 Å². The van der Waals surface area contributed by atoms with E-state index in [0.29, 0.717) is 6.04 Å². The number of halogens is 2. The van der Waals surface area contributed by atoms with Gasteiger partial charge in [0.25, 0.3) is 0 Å². The van der Waals surface area contributed by atoms with Gasteiger partial charge in [-0.25, -0.2) is 0 Å². The minimum absolute atomic E-state index is 0.0623. The number of nitrogens with zero attached hydrogens (tertiary/aromatic N) is 1. The molecule has 0 bridgehead atoms. The molecule has 0 spiro atoms. The van der Waals surface area contributed by atoms with E-state index in [1.54, 1.807) is 0 Å². The van der Waals surface area contributed by atoms with Gasteiger partial charge in [0, 0.05) is 17.9 Å². The topological polar surface area (TPSA) is 15.3 Å². The Kier molecular flexibility index (Phi) is 13.2. The largest absolute Gasteiger partial charge is 0.369 e. The molecule has 3 aliphatic carbocycles. The molecule has 2 aromatic carbocycles. The van der Waals surface area contributed by atoms with Crippen LogP contribution in [0.4, 0.5) is 5.69 Å². The fourth-order valence-electron chi connectivity index (χ4n) is 9.40. The summed E-state index contributed by atoms with van der Waals surface area (Å²) >= 11 is -1.67. The van der Waals surface area contributed by atoms with Gasteiger partial charge in [0.05, 0.1) is 6.04 Å². The normalized spacial score (nSPS) is 23.8. The maximum atomic E-state index is 5.55. The first-order chi connectivity index (χ1) is 22.7. The smallest absolute Gasteiger partial charge is 0.106 e. The van der Waals surface area contributed by atoms with Crippen molar-refractivity contribution in [2.45, 2.75) is 156 Å². The Morgan fingerprint density at radius 3 is 1.73 bits per heavy atom. The molecule has 2 nitrogen and oxygen atoms in total. The van der Waals surface area contributed by atoms with Crippen LogP contribution in [0.1, 0.15) is 136 Å². The van der Waals surface area contributed by atoms with Gasteiger partial charge in [-0.05, 0) is 131 Å². The van der Waals surface area contributed by atoms with E-state index in [0.717, 1.165) is 23.5 Å². The monoisotopic (exact) mass is 796 g/mol. The summed E-state index contributed by atoms with van der Waals surface area (Å²) in [4.78, 5) is 2.80. The molecule has 48 heavy (non-hydrogen) atoms. The van der Waals surface area contributed by atoms with Gasteiger partial charge in [-0.2, -0.15) is 0 Å². The third-order valence-corrected chi connectivity index (χ3v) is 16.6. The molecule has 2 aromatic rings. The zero-order valence-electron chi connectivity index (χ0n) is 31.2. The number of hydrogen-bond donors (Lipinski definition) is 1. The van der Waals surface area contributed by atoms with E-state index in [2.05, 4.69) is 101 Å². The molecule has 3 saturated carbocycles. The summed E-state index contributed by atoms with van der Waals surface area (Å²) < 4.78 is 2.93. The van der Waals surface area contributed by atoms with Gasteiger partial charge in [-0.3, -0.25) is 0 Å². The summed E-state index contributed by atoms with van der Waals surface area (Å²) in [5, 5.41) is 4.12. The van der Waals surface area contributed by atoms with Crippen LogP contribution in [0.2, 0.25) is 0 Å². The molecule has 1 N–H and O–H groups in total. The van der Waals surface area contributed by atoms with Crippen LogP contribution in [-0.4, -0.2) is 27.8 Å².